The molecule has 152 valence electrons. The SMILES string of the molecule is CN(C)c1cc(CNc2ncc(Cl)c(NCc3ccnc(N(C)C)c3)n2)ccn1. The molecule has 2 N–H and O–H groups in total. The minimum Gasteiger partial charge on any atom is -0.365 e. The summed E-state index contributed by atoms with van der Waals surface area (Å²) in [6, 6.07) is 7.96. The second-order valence-electron chi connectivity index (χ2n) is 6.93. The molecule has 0 saturated carbocycles. The van der Waals surface area contributed by atoms with E-state index in [1.165, 1.54) is 0 Å². The number of anilines is 4. The van der Waals surface area contributed by atoms with Gasteiger partial charge in [0.25, 0.3) is 0 Å². The van der Waals surface area contributed by atoms with Crippen molar-refractivity contribution in [3.05, 3.63) is 59.0 Å². The van der Waals surface area contributed by atoms with Crippen LogP contribution in [0, 0.1) is 0 Å². The van der Waals surface area contributed by atoms with E-state index in [9.17, 15) is 0 Å². The van der Waals surface area contributed by atoms with E-state index in [1.54, 1.807) is 18.6 Å². The zero-order chi connectivity index (χ0) is 20.8. The van der Waals surface area contributed by atoms with Crippen molar-refractivity contribution >= 4 is 35.0 Å². The number of nitrogens with one attached hydrogen (secondary N) is 2. The Morgan fingerprint density at radius 3 is 1.93 bits per heavy atom. The lowest BCUT2D eigenvalue weighted by Gasteiger charge is -2.14. The first-order valence-corrected chi connectivity index (χ1v) is 9.55. The van der Waals surface area contributed by atoms with Crippen molar-refractivity contribution < 1.29 is 0 Å². The third-order valence-electron chi connectivity index (χ3n) is 4.19. The van der Waals surface area contributed by atoms with Crippen LogP contribution < -0.4 is 20.4 Å². The van der Waals surface area contributed by atoms with Crippen LogP contribution in [-0.4, -0.2) is 48.1 Å². The Labute approximate surface area is 176 Å². The topological polar surface area (TPSA) is 82.1 Å². The van der Waals surface area contributed by atoms with E-state index in [1.807, 2.05) is 62.3 Å². The molecule has 0 aliphatic carbocycles. The molecule has 8 nitrogen and oxygen atoms in total. The van der Waals surface area contributed by atoms with Crippen molar-refractivity contribution in [2.75, 3.05) is 48.6 Å². The number of pyridine rings is 2. The monoisotopic (exact) mass is 412 g/mol. The quantitative estimate of drug-likeness (QED) is 0.583. The maximum absolute atomic E-state index is 6.27. The van der Waals surface area contributed by atoms with E-state index in [2.05, 4.69) is 30.6 Å². The third kappa shape index (κ3) is 5.68. The van der Waals surface area contributed by atoms with Crippen molar-refractivity contribution in [3.63, 3.8) is 0 Å². The maximum Gasteiger partial charge on any atom is 0.224 e. The zero-order valence-electron chi connectivity index (χ0n) is 17.0. The van der Waals surface area contributed by atoms with E-state index in [0.717, 1.165) is 22.8 Å². The molecule has 3 aromatic heterocycles. The van der Waals surface area contributed by atoms with Crippen molar-refractivity contribution in [2.45, 2.75) is 13.1 Å². The first-order valence-electron chi connectivity index (χ1n) is 9.17. The molecule has 3 aromatic rings. The average Bonchev–Trinajstić information content (AvgIpc) is 2.72. The number of halogens is 1. The van der Waals surface area contributed by atoms with Crippen molar-refractivity contribution in [2.24, 2.45) is 0 Å². The van der Waals surface area contributed by atoms with Gasteiger partial charge in [0.1, 0.15) is 16.7 Å². The van der Waals surface area contributed by atoms with Gasteiger partial charge in [-0.05, 0) is 35.4 Å². The van der Waals surface area contributed by atoms with Gasteiger partial charge in [0, 0.05) is 53.7 Å². The number of hydrogen-bond donors (Lipinski definition) is 2. The van der Waals surface area contributed by atoms with E-state index in [-0.39, 0.29) is 0 Å². The molecule has 0 atom stereocenters. The highest BCUT2D eigenvalue weighted by atomic mass is 35.5. The number of hydrogen-bond acceptors (Lipinski definition) is 8. The Hall–Kier alpha value is -3.13. The van der Waals surface area contributed by atoms with Crippen LogP contribution in [0.2, 0.25) is 5.02 Å². The first-order chi connectivity index (χ1) is 13.9. The predicted molar refractivity (Wildman–Crippen MR) is 119 cm³/mol. The Morgan fingerprint density at radius 2 is 1.38 bits per heavy atom. The molecule has 3 heterocycles. The van der Waals surface area contributed by atoms with Crippen molar-refractivity contribution in [1.29, 1.82) is 0 Å². The summed E-state index contributed by atoms with van der Waals surface area (Å²) >= 11 is 6.27. The maximum atomic E-state index is 6.27. The van der Waals surface area contributed by atoms with Gasteiger partial charge in [-0.3, -0.25) is 0 Å². The summed E-state index contributed by atoms with van der Waals surface area (Å²) in [5.41, 5.74) is 2.17. The lowest BCUT2D eigenvalue weighted by molar-refractivity contribution is 1.01. The van der Waals surface area contributed by atoms with Gasteiger partial charge in [-0.15, -0.1) is 0 Å². The second-order valence-corrected chi connectivity index (χ2v) is 7.34. The molecule has 0 fully saturated rings. The van der Waals surface area contributed by atoms with Crippen LogP contribution in [0.3, 0.4) is 0 Å². The van der Waals surface area contributed by atoms with Crippen LogP contribution in [0.25, 0.3) is 0 Å². The van der Waals surface area contributed by atoms with Gasteiger partial charge >= 0.3 is 0 Å². The average molecular weight is 413 g/mol. The largest absolute Gasteiger partial charge is 0.365 e. The van der Waals surface area contributed by atoms with Gasteiger partial charge in [-0.1, -0.05) is 11.6 Å². The molecule has 29 heavy (non-hydrogen) atoms. The van der Waals surface area contributed by atoms with Gasteiger partial charge in [0.05, 0.1) is 6.20 Å². The van der Waals surface area contributed by atoms with Crippen LogP contribution >= 0.6 is 11.6 Å². The molecule has 9 heteroatoms. The first kappa shape index (κ1) is 20.6. The highest BCUT2D eigenvalue weighted by Gasteiger charge is 2.07. The molecule has 0 aromatic carbocycles. The molecular formula is C20H25ClN8. The minimum atomic E-state index is 0.469. The van der Waals surface area contributed by atoms with Crippen LogP contribution in [0.4, 0.5) is 23.4 Å². The van der Waals surface area contributed by atoms with E-state index < -0.39 is 0 Å². The Morgan fingerprint density at radius 1 is 0.828 bits per heavy atom. The summed E-state index contributed by atoms with van der Waals surface area (Å²) in [6.45, 7) is 1.16. The Kier molecular flexibility index (Phi) is 6.66. The van der Waals surface area contributed by atoms with Crippen molar-refractivity contribution in [3.8, 4) is 0 Å². The van der Waals surface area contributed by atoms with Crippen LogP contribution in [0.5, 0.6) is 0 Å². The summed E-state index contributed by atoms with van der Waals surface area (Å²) < 4.78 is 0. The van der Waals surface area contributed by atoms with E-state index in [4.69, 9.17) is 11.6 Å². The standard InChI is InChI=1S/C20H25ClN8/c1-28(2)17-9-14(5-7-22-17)11-24-19-16(21)13-26-20(27-19)25-12-15-6-8-23-18(10-15)29(3)4/h5-10,13H,11-12H2,1-4H3,(H2,24,25,26,27). The van der Waals surface area contributed by atoms with E-state index >= 15 is 0 Å². The molecule has 0 amide bonds. The fourth-order valence-electron chi connectivity index (χ4n) is 2.57. The molecule has 0 radical (unpaired) electrons. The summed E-state index contributed by atoms with van der Waals surface area (Å²) in [7, 11) is 7.85. The highest BCUT2D eigenvalue weighted by molar-refractivity contribution is 6.32. The summed E-state index contributed by atoms with van der Waals surface area (Å²) in [6.07, 6.45) is 5.17. The van der Waals surface area contributed by atoms with Gasteiger partial charge in [0.2, 0.25) is 5.95 Å². The fraction of sp³-hybridized carbons (Fsp3) is 0.300. The van der Waals surface area contributed by atoms with Gasteiger partial charge in [0.15, 0.2) is 5.82 Å². The smallest absolute Gasteiger partial charge is 0.224 e. The molecule has 0 spiro atoms. The molecule has 0 bridgehead atoms. The van der Waals surface area contributed by atoms with E-state index in [0.29, 0.717) is 29.9 Å². The Bertz CT molecular complexity index is 961. The molecule has 3 rings (SSSR count). The number of aromatic nitrogens is 4. The van der Waals surface area contributed by atoms with Crippen molar-refractivity contribution in [1.82, 2.24) is 19.9 Å². The van der Waals surface area contributed by atoms with Gasteiger partial charge in [-0.25, -0.2) is 15.0 Å². The molecule has 0 saturated heterocycles. The zero-order valence-corrected chi connectivity index (χ0v) is 17.8. The summed E-state index contributed by atoms with van der Waals surface area (Å²) in [5, 5.41) is 6.97. The molecule has 0 aliphatic heterocycles. The van der Waals surface area contributed by atoms with Crippen LogP contribution in [0.1, 0.15) is 11.1 Å². The predicted octanol–water partition coefficient (Wildman–Crippen LogP) is 3.28. The third-order valence-corrected chi connectivity index (χ3v) is 4.47. The minimum absolute atomic E-state index is 0.469. The molecule has 0 unspecified atom stereocenters. The molecule has 0 aliphatic rings. The normalized spacial score (nSPS) is 10.5. The summed E-state index contributed by atoms with van der Waals surface area (Å²) in [5.74, 6) is 2.88. The van der Waals surface area contributed by atoms with Gasteiger partial charge < -0.3 is 20.4 Å². The van der Waals surface area contributed by atoms with Gasteiger partial charge in [-0.2, -0.15) is 4.98 Å². The Balaban J connectivity index is 1.65. The number of nitrogens with zero attached hydrogens (tertiary/aromatic N) is 6. The van der Waals surface area contributed by atoms with Crippen LogP contribution in [-0.2, 0) is 13.1 Å². The molecular weight excluding hydrogens is 388 g/mol. The summed E-state index contributed by atoms with van der Waals surface area (Å²) in [4.78, 5) is 21.3. The van der Waals surface area contributed by atoms with Crippen LogP contribution in [0.15, 0.2) is 42.9 Å². The fourth-order valence-corrected chi connectivity index (χ4v) is 2.73. The highest BCUT2D eigenvalue weighted by Crippen LogP contribution is 2.21. The lowest BCUT2D eigenvalue weighted by atomic mass is 10.2. The second kappa shape index (κ2) is 9.38. The lowest BCUT2D eigenvalue weighted by Crippen LogP contribution is -2.12. The number of rotatable bonds is 8.